The maximum Gasteiger partial charge on any atom is 0.288 e. The van der Waals surface area contributed by atoms with E-state index in [4.69, 9.17) is 16.1 Å². The van der Waals surface area contributed by atoms with E-state index >= 15 is 0 Å². The summed E-state index contributed by atoms with van der Waals surface area (Å²) in [6.45, 7) is 3.95. The van der Waals surface area contributed by atoms with Crippen molar-refractivity contribution in [2.24, 2.45) is 0 Å². The van der Waals surface area contributed by atoms with Gasteiger partial charge in [0.1, 0.15) is 5.02 Å². The quantitative estimate of drug-likeness (QED) is 0.478. The number of anilines is 1. The molecule has 28 heavy (non-hydrogen) atoms. The van der Waals surface area contributed by atoms with Gasteiger partial charge in [-0.3, -0.25) is 14.9 Å². The molecule has 0 aliphatic rings. The molecule has 0 radical (unpaired) electrons. The number of aromatic nitrogens is 2. The molecule has 3 aromatic rings. The van der Waals surface area contributed by atoms with Crippen LogP contribution in [0.25, 0.3) is 0 Å². The van der Waals surface area contributed by atoms with Gasteiger partial charge in [0.25, 0.3) is 11.6 Å². The van der Waals surface area contributed by atoms with Gasteiger partial charge in [-0.25, -0.2) is 0 Å². The van der Waals surface area contributed by atoms with Crippen molar-refractivity contribution in [2.75, 3.05) is 5.32 Å². The lowest BCUT2D eigenvalue weighted by molar-refractivity contribution is -0.384. The Hall–Kier alpha value is -3.26. The molecular formula is C19H17ClN4O4. The number of amides is 1. The Balaban J connectivity index is 1.67. The lowest BCUT2D eigenvalue weighted by Gasteiger charge is -2.06. The Morgan fingerprint density at radius 3 is 2.57 bits per heavy atom. The summed E-state index contributed by atoms with van der Waals surface area (Å²) in [5, 5.41) is 17.6. The smallest absolute Gasteiger partial charge is 0.288 e. The number of nitrogens with zero attached hydrogens (tertiary/aromatic N) is 3. The zero-order valence-electron chi connectivity index (χ0n) is 15.2. The third-order valence-electron chi connectivity index (χ3n) is 3.96. The van der Waals surface area contributed by atoms with Crippen molar-refractivity contribution in [1.29, 1.82) is 0 Å². The molecule has 0 bridgehead atoms. The average Bonchev–Trinajstić information content (AvgIpc) is 3.12. The summed E-state index contributed by atoms with van der Waals surface area (Å²) in [6.07, 6.45) is 0.508. The van der Waals surface area contributed by atoms with Crippen LogP contribution in [-0.4, -0.2) is 21.0 Å². The second-order valence-electron chi connectivity index (χ2n) is 6.45. The van der Waals surface area contributed by atoms with Crippen LogP contribution in [0.1, 0.15) is 47.4 Å². The molecule has 144 valence electrons. The number of nitro groups is 1. The first-order valence-electron chi connectivity index (χ1n) is 8.50. The van der Waals surface area contributed by atoms with Gasteiger partial charge in [-0.15, -0.1) is 0 Å². The third kappa shape index (κ3) is 4.52. The van der Waals surface area contributed by atoms with Crippen molar-refractivity contribution in [3.63, 3.8) is 0 Å². The van der Waals surface area contributed by atoms with Crippen molar-refractivity contribution in [3.8, 4) is 0 Å². The summed E-state index contributed by atoms with van der Waals surface area (Å²) in [4.78, 5) is 27.0. The summed E-state index contributed by atoms with van der Waals surface area (Å²) in [5.74, 6) is 0.889. The molecule has 3 rings (SSSR count). The Morgan fingerprint density at radius 2 is 1.96 bits per heavy atom. The molecule has 0 spiro atoms. The molecule has 0 aliphatic carbocycles. The monoisotopic (exact) mass is 400 g/mol. The van der Waals surface area contributed by atoms with Crippen molar-refractivity contribution in [2.45, 2.75) is 26.2 Å². The van der Waals surface area contributed by atoms with E-state index in [2.05, 4.69) is 15.5 Å². The van der Waals surface area contributed by atoms with E-state index in [0.717, 1.165) is 11.6 Å². The fourth-order valence-electron chi connectivity index (χ4n) is 2.46. The van der Waals surface area contributed by atoms with Crippen LogP contribution in [0.15, 0.2) is 47.0 Å². The van der Waals surface area contributed by atoms with Crippen LogP contribution in [0.5, 0.6) is 0 Å². The number of benzene rings is 2. The zero-order chi connectivity index (χ0) is 20.3. The minimum atomic E-state index is -0.628. The average molecular weight is 401 g/mol. The highest BCUT2D eigenvalue weighted by molar-refractivity contribution is 6.32. The van der Waals surface area contributed by atoms with E-state index in [1.54, 1.807) is 12.1 Å². The number of nitro benzene ring substituents is 1. The lowest BCUT2D eigenvalue weighted by atomic mass is 10.1. The van der Waals surface area contributed by atoms with Crippen LogP contribution in [-0.2, 0) is 6.42 Å². The number of nitrogens with one attached hydrogen (secondary N) is 1. The molecule has 1 N–H and O–H groups in total. The van der Waals surface area contributed by atoms with Crippen molar-refractivity contribution in [3.05, 3.63) is 80.4 Å². The Labute approximate surface area is 165 Å². The second-order valence-corrected chi connectivity index (χ2v) is 6.86. The first kappa shape index (κ1) is 19.5. The van der Waals surface area contributed by atoms with Gasteiger partial charge in [0, 0.05) is 29.7 Å². The maximum atomic E-state index is 12.3. The van der Waals surface area contributed by atoms with Gasteiger partial charge < -0.3 is 9.84 Å². The zero-order valence-corrected chi connectivity index (χ0v) is 15.9. The van der Waals surface area contributed by atoms with Crippen molar-refractivity contribution in [1.82, 2.24) is 10.1 Å². The van der Waals surface area contributed by atoms with Gasteiger partial charge in [-0.2, -0.15) is 4.98 Å². The van der Waals surface area contributed by atoms with Gasteiger partial charge in [0.05, 0.1) is 4.92 Å². The molecule has 0 atom stereocenters. The molecule has 0 fully saturated rings. The topological polar surface area (TPSA) is 111 Å². The fourth-order valence-corrected chi connectivity index (χ4v) is 2.65. The molecule has 9 heteroatoms. The number of carbonyl (C=O) groups excluding carboxylic acids is 1. The van der Waals surface area contributed by atoms with E-state index < -0.39 is 10.8 Å². The minimum absolute atomic E-state index is 0.0204. The highest BCUT2D eigenvalue weighted by Crippen LogP contribution is 2.25. The third-order valence-corrected chi connectivity index (χ3v) is 4.28. The fraction of sp³-hybridized carbons (Fsp3) is 0.211. The normalized spacial score (nSPS) is 10.9. The largest absolute Gasteiger partial charge is 0.339 e. The van der Waals surface area contributed by atoms with E-state index in [0.29, 0.717) is 23.8 Å². The van der Waals surface area contributed by atoms with Crippen LogP contribution in [0, 0.1) is 10.1 Å². The number of hydrogen-bond donors (Lipinski definition) is 1. The molecule has 8 nitrogen and oxygen atoms in total. The molecular weight excluding hydrogens is 384 g/mol. The molecule has 0 aliphatic heterocycles. The van der Waals surface area contributed by atoms with E-state index in [1.165, 1.54) is 12.1 Å². The summed E-state index contributed by atoms with van der Waals surface area (Å²) >= 11 is 5.77. The van der Waals surface area contributed by atoms with Gasteiger partial charge in [0.2, 0.25) is 5.89 Å². The molecule has 2 aromatic carbocycles. The molecule has 1 aromatic heterocycles. The van der Waals surface area contributed by atoms with E-state index in [-0.39, 0.29) is 22.2 Å². The first-order valence-corrected chi connectivity index (χ1v) is 8.88. The predicted octanol–water partition coefficient (Wildman–Crippen LogP) is 4.60. The molecule has 1 amide bonds. The number of carbonyl (C=O) groups is 1. The highest BCUT2D eigenvalue weighted by atomic mass is 35.5. The molecule has 0 unspecified atom stereocenters. The number of halogens is 1. The number of rotatable bonds is 6. The van der Waals surface area contributed by atoms with Gasteiger partial charge in [0.15, 0.2) is 5.82 Å². The summed E-state index contributed by atoms with van der Waals surface area (Å²) < 4.78 is 5.18. The summed E-state index contributed by atoms with van der Waals surface area (Å²) in [6, 6.07) is 11.1. The molecule has 0 saturated carbocycles. The van der Waals surface area contributed by atoms with Crippen LogP contribution >= 0.6 is 11.6 Å². The standard InChI is InChI=1S/C19H17ClN4O4/c1-11(2)19-22-17(23-28-19)9-12-3-6-14(7-4-12)21-18(25)13-5-8-15(20)16(10-13)24(26)27/h3-8,10-11H,9H2,1-2H3,(H,21,25). The number of hydrogen-bond acceptors (Lipinski definition) is 6. The van der Waals surface area contributed by atoms with E-state index in [1.807, 2.05) is 26.0 Å². The predicted molar refractivity (Wildman–Crippen MR) is 104 cm³/mol. The Kier molecular flexibility index (Phi) is 5.70. The lowest BCUT2D eigenvalue weighted by Crippen LogP contribution is -2.12. The van der Waals surface area contributed by atoms with Gasteiger partial charge in [-0.1, -0.05) is 42.7 Å². The van der Waals surface area contributed by atoms with E-state index in [9.17, 15) is 14.9 Å². The Morgan fingerprint density at radius 1 is 1.25 bits per heavy atom. The van der Waals surface area contributed by atoms with Crippen molar-refractivity contribution < 1.29 is 14.2 Å². The van der Waals surface area contributed by atoms with Crippen molar-refractivity contribution >= 4 is 28.9 Å². The summed E-state index contributed by atoms with van der Waals surface area (Å²) in [7, 11) is 0. The minimum Gasteiger partial charge on any atom is -0.339 e. The van der Waals surface area contributed by atoms with Crippen LogP contribution in [0.2, 0.25) is 5.02 Å². The summed E-state index contributed by atoms with van der Waals surface area (Å²) in [5.41, 5.74) is 1.34. The van der Waals surface area contributed by atoms with Gasteiger partial charge in [-0.05, 0) is 29.8 Å². The molecule has 0 saturated heterocycles. The Bertz CT molecular complexity index is 1020. The maximum absolute atomic E-state index is 12.3. The van der Waals surface area contributed by atoms with Crippen LogP contribution < -0.4 is 5.32 Å². The highest BCUT2D eigenvalue weighted by Gasteiger charge is 2.16. The van der Waals surface area contributed by atoms with Gasteiger partial charge >= 0.3 is 0 Å². The second kappa shape index (κ2) is 8.18. The SMILES string of the molecule is CC(C)c1nc(Cc2ccc(NC(=O)c3ccc(Cl)c([N+](=O)[O-])c3)cc2)no1. The van der Waals surface area contributed by atoms with Crippen LogP contribution in [0.4, 0.5) is 11.4 Å². The van der Waals surface area contributed by atoms with Crippen LogP contribution in [0.3, 0.4) is 0 Å². The first-order chi connectivity index (χ1) is 13.3. The molecule has 1 heterocycles.